The van der Waals surface area contributed by atoms with E-state index in [9.17, 15) is 9.59 Å². The van der Waals surface area contributed by atoms with Gasteiger partial charge in [-0.05, 0) is 23.8 Å². The molecule has 0 radical (unpaired) electrons. The summed E-state index contributed by atoms with van der Waals surface area (Å²) in [7, 11) is 0. The molecule has 0 aliphatic heterocycles. The Hall–Kier alpha value is -3.35. The average molecular weight is 307 g/mol. The van der Waals surface area contributed by atoms with Gasteiger partial charge in [-0.15, -0.1) is 0 Å². The number of pyridine rings is 1. The zero-order valence-corrected chi connectivity index (χ0v) is 12.1. The highest BCUT2D eigenvalue weighted by molar-refractivity contribution is 5.88. The van der Waals surface area contributed by atoms with E-state index >= 15 is 0 Å². The number of rotatable bonds is 4. The van der Waals surface area contributed by atoms with Crippen LogP contribution in [0.3, 0.4) is 0 Å². The molecule has 0 aliphatic carbocycles. The lowest BCUT2D eigenvalue weighted by molar-refractivity contribution is -0.120. The minimum atomic E-state index is -0.319. The van der Waals surface area contributed by atoms with Gasteiger partial charge < -0.3 is 0 Å². The molecule has 0 bridgehead atoms. The van der Waals surface area contributed by atoms with Crippen molar-refractivity contribution >= 4 is 22.9 Å². The average Bonchev–Trinajstić information content (AvgIpc) is 2.59. The molecule has 1 aromatic carbocycles. The molecule has 0 unspecified atom stereocenters. The molecule has 0 atom stereocenters. The van der Waals surface area contributed by atoms with Crippen molar-refractivity contribution in [1.82, 2.24) is 20.6 Å². The molecule has 2 N–H and O–H groups in total. The largest absolute Gasteiger partial charge is 0.273 e. The summed E-state index contributed by atoms with van der Waals surface area (Å²) in [4.78, 5) is 27.6. The summed E-state index contributed by atoms with van der Waals surface area (Å²) in [6.07, 6.45) is 4.82. The van der Waals surface area contributed by atoms with Gasteiger partial charge in [-0.2, -0.15) is 10.2 Å². The summed E-state index contributed by atoms with van der Waals surface area (Å²) in [6.45, 7) is 0. The summed E-state index contributed by atoms with van der Waals surface area (Å²) >= 11 is 0. The van der Waals surface area contributed by atoms with Crippen molar-refractivity contribution in [3.05, 3.63) is 70.4 Å². The number of aromatic nitrogens is 3. The molecule has 7 nitrogen and oxygen atoms in total. The van der Waals surface area contributed by atoms with Gasteiger partial charge >= 0.3 is 0 Å². The summed E-state index contributed by atoms with van der Waals surface area (Å²) < 4.78 is 0. The first kappa shape index (κ1) is 14.6. The van der Waals surface area contributed by atoms with Gasteiger partial charge in [0.1, 0.15) is 0 Å². The molecule has 2 aromatic heterocycles. The van der Waals surface area contributed by atoms with Crippen LogP contribution in [0, 0.1) is 0 Å². The summed E-state index contributed by atoms with van der Waals surface area (Å²) in [5, 5.41) is 11.4. The van der Waals surface area contributed by atoms with Gasteiger partial charge in [-0.3, -0.25) is 14.6 Å². The number of hydrazone groups is 1. The van der Waals surface area contributed by atoms with Gasteiger partial charge in [0.15, 0.2) is 0 Å². The van der Waals surface area contributed by atoms with E-state index in [2.05, 4.69) is 25.7 Å². The second-order valence-electron chi connectivity index (χ2n) is 4.80. The van der Waals surface area contributed by atoms with Crippen molar-refractivity contribution in [2.24, 2.45) is 5.10 Å². The first-order chi connectivity index (χ1) is 11.2. The Bertz CT molecular complexity index is 918. The fraction of sp³-hybridized carbons (Fsp3) is 0.0625. The summed E-state index contributed by atoms with van der Waals surface area (Å²) in [6, 6.07) is 10.6. The number of fused-ring (bicyclic) bond motifs is 1. The number of hydrogen-bond donors (Lipinski definition) is 2. The number of benzene rings is 1. The quantitative estimate of drug-likeness (QED) is 0.555. The molecule has 23 heavy (non-hydrogen) atoms. The van der Waals surface area contributed by atoms with Crippen LogP contribution in [-0.2, 0) is 11.2 Å². The predicted molar refractivity (Wildman–Crippen MR) is 86.0 cm³/mol. The topological polar surface area (TPSA) is 100 Å². The molecule has 0 fully saturated rings. The van der Waals surface area contributed by atoms with E-state index in [1.54, 1.807) is 48.8 Å². The lowest BCUT2D eigenvalue weighted by Crippen LogP contribution is -2.22. The van der Waals surface area contributed by atoms with E-state index in [0.717, 1.165) is 5.56 Å². The second-order valence-corrected chi connectivity index (χ2v) is 4.80. The fourth-order valence-electron chi connectivity index (χ4n) is 2.13. The molecule has 1 amide bonds. The number of aromatic amines is 1. The standard InChI is InChI=1S/C16H13N5O2/c22-15(20-18-10-11-5-7-17-8-6-11)9-14-12-3-1-2-4-13(12)16(23)21-19-14/h1-8,10H,9H2,(H,20,22)(H,21,23)/b18-10-. The van der Waals surface area contributed by atoms with E-state index in [0.29, 0.717) is 16.5 Å². The normalized spacial score (nSPS) is 11.0. The highest BCUT2D eigenvalue weighted by atomic mass is 16.2. The van der Waals surface area contributed by atoms with E-state index in [1.165, 1.54) is 6.21 Å². The maximum absolute atomic E-state index is 12.0. The minimum absolute atomic E-state index is 0.0188. The molecule has 2 heterocycles. The Morgan fingerprint density at radius 1 is 1.17 bits per heavy atom. The van der Waals surface area contributed by atoms with E-state index in [1.807, 2.05) is 0 Å². The highest BCUT2D eigenvalue weighted by Gasteiger charge is 2.09. The van der Waals surface area contributed by atoms with E-state index in [4.69, 9.17) is 0 Å². The molecule has 0 spiro atoms. The van der Waals surface area contributed by atoms with Crippen LogP contribution in [0.25, 0.3) is 10.8 Å². The lowest BCUT2D eigenvalue weighted by Gasteiger charge is -2.03. The van der Waals surface area contributed by atoms with Crippen LogP contribution < -0.4 is 11.0 Å². The third kappa shape index (κ3) is 3.46. The van der Waals surface area contributed by atoms with Gasteiger partial charge in [0.2, 0.25) is 5.91 Å². The lowest BCUT2D eigenvalue weighted by atomic mass is 10.1. The Kier molecular flexibility index (Phi) is 4.19. The van der Waals surface area contributed by atoms with Crippen LogP contribution in [0.5, 0.6) is 0 Å². The van der Waals surface area contributed by atoms with Crippen LogP contribution in [0.2, 0.25) is 0 Å². The fourth-order valence-corrected chi connectivity index (χ4v) is 2.13. The van der Waals surface area contributed by atoms with Crippen molar-refractivity contribution in [2.45, 2.75) is 6.42 Å². The minimum Gasteiger partial charge on any atom is -0.273 e. The number of hydrogen-bond acceptors (Lipinski definition) is 5. The van der Waals surface area contributed by atoms with E-state index < -0.39 is 0 Å². The molecule has 3 rings (SSSR count). The SMILES string of the molecule is O=C(Cc1n[nH]c(=O)c2ccccc12)N/N=C\c1ccncc1. The Morgan fingerprint density at radius 2 is 1.91 bits per heavy atom. The van der Waals surface area contributed by atoms with Gasteiger partial charge in [0.05, 0.1) is 23.7 Å². The Balaban J connectivity index is 1.72. The second kappa shape index (κ2) is 6.61. The van der Waals surface area contributed by atoms with Crippen molar-refractivity contribution in [3.8, 4) is 0 Å². The van der Waals surface area contributed by atoms with Crippen LogP contribution in [0.1, 0.15) is 11.3 Å². The van der Waals surface area contributed by atoms with Gasteiger partial charge in [0, 0.05) is 17.8 Å². The molecule has 0 saturated heterocycles. The molecule has 0 saturated carbocycles. The zero-order chi connectivity index (χ0) is 16.1. The predicted octanol–water partition coefficient (Wildman–Crippen LogP) is 1.01. The highest BCUT2D eigenvalue weighted by Crippen LogP contribution is 2.12. The number of carbonyl (C=O) groups is 1. The van der Waals surface area contributed by atoms with Crippen molar-refractivity contribution in [1.29, 1.82) is 0 Å². The number of amides is 1. The summed E-state index contributed by atoms with van der Waals surface area (Å²) in [5.74, 6) is -0.319. The van der Waals surface area contributed by atoms with Crippen molar-refractivity contribution in [3.63, 3.8) is 0 Å². The van der Waals surface area contributed by atoms with Crippen molar-refractivity contribution in [2.75, 3.05) is 0 Å². The first-order valence-corrected chi connectivity index (χ1v) is 6.92. The van der Waals surface area contributed by atoms with Gasteiger partial charge in [-0.25, -0.2) is 10.5 Å². The molecule has 7 heteroatoms. The molecule has 0 aliphatic rings. The van der Waals surface area contributed by atoms with Crippen LogP contribution >= 0.6 is 0 Å². The van der Waals surface area contributed by atoms with Crippen LogP contribution in [-0.4, -0.2) is 27.3 Å². The first-order valence-electron chi connectivity index (χ1n) is 6.92. The van der Waals surface area contributed by atoms with Gasteiger partial charge in [0.25, 0.3) is 5.56 Å². The summed E-state index contributed by atoms with van der Waals surface area (Å²) in [5.41, 5.74) is 3.48. The third-order valence-corrected chi connectivity index (χ3v) is 3.21. The van der Waals surface area contributed by atoms with Gasteiger partial charge in [-0.1, -0.05) is 18.2 Å². The van der Waals surface area contributed by atoms with Crippen molar-refractivity contribution < 1.29 is 4.79 Å². The van der Waals surface area contributed by atoms with Crippen LogP contribution in [0.15, 0.2) is 58.7 Å². The number of H-pyrrole nitrogens is 1. The monoisotopic (exact) mass is 307 g/mol. The zero-order valence-electron chi connectivity index (χ0n) is 12.1. The Morgan fingerprint density at radius 3 is 2.70 bits per heavy atom. The molecular weight excluding hydrogens is 294 g/mol. The number of nitrogens with zero attached hydrogens (tertiary/aromatic N) is 3. The molecule has 114 valence electrons. The van der Waals surface area contributed by atoms with Crippen LogP contribution in [0.4, 0.5) is 0 Å². The maximum atomic E-state index is 12.0. The number of carbonyl (C=O) groups excluding carboxylic acids is 1. The number of nitrogens with one attached hydrogen (secondary N) is 2. The molecule has 3 aromatic rings. The van der Waals surface area contributed by atoms with E-state index in [-0.39, 0.29) is 17.9 Å². The molecular formula is C16H13N5O2. The third-order valence-electron chi connectivity index (χ3n) is 3.21. The maximum Gasteiger partial charge on any atom is 0.272 e. The smallest absolute Gasteiger partial charge is 0.272 e. The Labute approximate surface area is 131 Å².